The zero-order valence-corrected chi connectivity index (χ0v) is 19.2. The van der Waals surface area contributed by atoms with Crippen LogP contribution in [-0.4, -0.2) is 61.6 Å². The van der Waals surface area contributed by atoms with Crippen LogP contribution in [0, 0.1) is 0 Å². The number of halogens is 1. The molecule has 1 atom stereocenters. The minimum absolute atomic E-state index is 0. The van der Waals surface area contributed by atoms with Crippen LogP contribution in [-0.2, 0) is 21.5 Å². The average molecular weight is 493 g/mol. The zero-order valence-electron chi connectivity index (χ0n) is 16.9. The fraction of sp³-hybridized carbons (Fsp3) is 0.722. The minimum Gasteiger partial charge on any atom is -0.443 e. The average Bonchev–Trinajstić information content (AvgIpc) is 3.24. The molecule has 0 bridgehead atoms. The number of carbonyl (C=O) groups excluding carboxylic acids is 1. The summed E-state index contributed by atoms with van der Waals surface area (Å²) in [4.78, 5) is 22.0. The van der Waals surface area contributed by atoms with Crippen molar-refractivity contribution in [2.75, 3.05) is 33.8 Å². The number of nitrogens with zero attached hydrogens (tertiary/aromatic N) is 3. The Kier molecular flexibility index (Phi) is 9.51. The fourth-order valence-electron chi connectivity index (χ4n) is 2.38. The lowest BCUT2D eigenvalue weighted by atomic mass is 9.94. The van der Waals surface area contributed by atoms with Crippen LogP contribution in [0.15, 0.2) is 15.6 Å². The molecule has 27 heavy (non-hydrogen) atoms. The summed E-state index contributed by atoms with van der Waals surface area (Å²) in [7, 11) is 3.43. The Balaban J connectivity index is 0.00000364. The highest BCUT2D eigenvalue weighted by atomic mass is 127. The Bertz CT molecular complexity index is 619. The normalized spacial score (nSPS) is 17.4. The van der Waals surface area contributed by atoms with Crippen LogP contribution in [0.1, 0.15) is 45.3 Å². The van der Waals surface area contributed by atoms with Crippen molar-refractivity contribution in [2.24, 2.45) is 4.99 Å². The lowest BCUT2D eigenvalue weighted by molar-refractivity contribution is -0.127. The summed E-state index contributed by atoms with van der Waals surface area (Å²) >= 11 is 0. The van der Waals surface area contributed by atoms with Gasteiger partial charge in [-0.25, -0.2) is 9.98 Å². The standard InChI is InChI=1S/C18H31N5O3.HI/c1-18(2,3)14-10-19-15(26-14)11-21-17(22-12-16(24)23(4)5)20-9-13-7-6-8-25-13;/h10,13H,6-9,11-12H2,1-5H3,(H2,20,21,22);1H. The molecule has 1 fully saturated rings. The fourth-order valence-corrected chi connectivity index (χ4v) is 2.38. The van der Waals surface area contributed by atoms with Gasteiger partial charge < -0.3 is 24.7 Å². The molecule has 0 radical (unpaired) electrons. The summed E-state index contributed by atoms with van der Waals surface area (Å²) in [6, 6.07) is 0. The number of aromatic nitrogens is 1. The highest BCUT2D eigenvalue weighted by molar-refractivity contribution is 14.0. The third-order valence-electron chi connectivity index (χ3n) is 4.09. The molecule has 1 aliphatic rings. The number of ether oxygens (including phenoxy) is 1. The first-order valence-corrected chi connectivity index (χ1v) is 9.05. The molecule has 8 nitrogen and oxygen atoms in total. The molecule has 1 aromatic heterocycles. The second kappa shape index (κ2) is 10.8. The van der Waals surface area contributed by atoms with Crippen molar-refractivity contribution in [3.8, 4) is 0 Å². The first kappa shape index (κ1) is 23.7. The largest absolute Gasteiger partial charge is 0.443 e. The summed E-state index contributed by atoms with van der Waals surface area (Å²) < 4.78 is 11.4. The predicted octanol–water partition coefficient (Wildman–Crippen LogP) is 1.89. The molecule has 0 saturated carbocycles. The van der Waals surface area contributed by atoms with Crippen LogP contribution in [0.4, 0.5) is 0 Å². The van der Waals surface area contributed by atoms with Gasteiger partial charge in [0, 0.05) is 32.7 Å². The van der Waals surface area contributed by atoms with Gasteiger partial charge in [0.15, 0.2) is 5.96 Å². The molecule has 2 N–H and O–H groups in total. The molecule has 154 valence electrons. The molecule has 1 unspecified atom stereocenters. The lowest BCUT2D eigenvalue weighted by Crippen LogP contribution is -2.41. The number of nitrogens with one attached hydrogen (secondary N) is 2. The van der Waals surface area contributed by atoms with E-state index in [0.717, 1.165) is 25.2 Å². The maximum Gasteiger partial charge on any atom is 0.243 e. The molecule has 1 aliphatic heterocycles. The molecule has 0 aromatic carbocycles. The van der Waals surface area contributed by atoms with Gasteiger partial charge in [0.25, 0.3) is 0 Å². The van der Waals surface area contributed by atoms with Crippen LogP contribution in [0.5, 0.6) is 0 Å². The monoisotopic (exact) mass is 493 g/mol. The van der Waals surface area contributed by atoms with Crippen molar-refractivity contribution in [2.45, 2.75) is 51.7 Å². The van der Waals surface area contributed by atoms with Gasteiger partial charge in [-0.1, -0.05) is 20.8 Å². The van der Waals surface area contributed by atoms with E-state index in [1.54, 1.807) is 20.3 Å². The quantitative estimate of drug-likeness (QED) is 0.358. The Hall–Kier alpha value is -1.36. The Labute approximate surface area is 178 Å². The number of hydrogen-bond acceptors (Lipinski definition) is 5. The number of rotatable bonds is 6. The van der Waals surface area contributed by atoms with Gasteiger partial charge in [-0.15, -0.1) is 24.0 Å². The molecule has 2 rings (SSSR count). The number of carbonyl (C=O) groups is 1. The number of likely N-dealkylation sites (N-methyl/N-ethyl adjacent to an activating group) is 1. The summed E-state index contributed by atoms with van der Waals surface area (Å²) in [5.74, 6) is 1.91. The van der Waals surface area contributed by atoms with Crippen molar-refractivity contribution in [3.63, 3.8) is 0 Å². The van der Waals surface area contributed by atoms with Crippen LogP contribution in [0.3, 0.4) is 0 Å². The molecule has 0 spiro atoms. The maximum atomic E-state index is 11.8. The van der Waals surface area contributed by atoms with Gasteiger partial charge in [-0.05, 0) is 12.8 Å². The Morgan fingerprint density at radius 2 is 2.11 bits per heavy atom. The van der Waals surface area contributed by atoms with E-state index in [2.05, 4.69) is 41.4 Å². The second-order valence-electron chi connectivity index (χ2n) is 7.69. The molecule has 2 heterocycles. The molecular formula is C18H32IN5O3. The molecule has 9 heteroatoms. The van der Waals surface area contributed by atoms with Gasteiger partial charge in [-0.3, -0.25) is 4.79 Å². The van der Waals surface area contributed by atoms with E-state index in [9.17, 15) is 4.79 Å². The number of amides is 1. The van der Waals surface area contributed by atoms with Gasteiger partial charge in [0.05, 0.1) is 18.8 Å². The van der Waals surface area contributed by atoms with Crippen molar-refractivity contribution in [1.82, 2.24) is 20.5 Å². The van der Waals surface area contributed by atoms with E-state index in [-0.39, 0.29) is 47.9 Å². The number of aliphatic imine (C=N–C) groups is 1. The molecular weight excluding hydrogens is 461 g/mol. The molecule has 1 amide bonds. The highest BCUT2D eigenvalue weighted by Gasteiger charge is 2.19. The van der Waals surface area contributed by atoms with Gasteiger partial charge >= 0.3 is 0 Å². The number of hydrogen-bond donors (Lipinski definition) is 2. The van der Waals surface area contributed by atoms with Gasteiger partial charge in [-0.2, -0.15) is 0 Å². The van der Waals surface area contributed by atoms with Crippen LogP contribution >= 0.6 is 24.0 Å². The predicted molar refractivity (Wildman–Crippen MR) is 115 cm³/mol. The maximum absolute atomic E-state index is 11.8. The minimum atomic E-state index is -0.0850. The number of oxazole rings is 1. The topological polar surface area (TPSA) is 92.0 Å². The SMILES string of the molecule is CN(C)C(=O)CN=C(NCc1ncc(C(C)(C)C)o1)NCC1CCCO1.I. The van der Waals surface area contributed by atoms with E-state index < -0.39 is 0 Å². The van der Waals surface area contributed by atoms with Crippen molar-refractivity contribution in [1.29, 1.82) is 0 Å². The van der Waals surface area contributed by atoms with E-state index in [0.29, 0.717) is 24.9 Å². The Morgan fingerprint density at radius 1 is 1.37 bits per heavy atom. The molecule has 1 saturated heterocycles. The Morgan fingerprint density at radius 3 is 2.67 bits per heavy atom. The van der Waals surface area contributed by atoms with E-state index >= 15 is 0 Å². The molecule has 0 aliphatic carbocycles. The molecule has 1 aromatic rings. The zero-order chi connectivity index (χ0) is 19.2. The summed E-state index contributed by atoms with van der Waals surface area (Å²) in [5.41, 5.74) is -0.0850. The van der Waals surface area contributed by atoms with E-state index in [1.165, 1.54) is 4.90 Å². The van der Waals surface area contributed by atoms with Gasteiger partial charge in [0.2, 0.25) is 11.8 Å². The van der Waals surface area contributed by atoms with Crippen LogP contribution in [0.25, 0.3) is 0 Å². The second-order valence-corrected chi connectivity index (χ2v) is 7.69. The van der Waals surface area contributed by atoms with E-state index in [1.807, 2.05) is 0 Å². The first-order valence-electron chi connectivity index (χ1n) is 9.05. The van der Waals surface area contributed by atoms with Crippen molar-refractivity contribution >= 4 is 35.8 Å². The summed E-state index contributed by atoms with van der Waals surface area (Å²) in [5, 5.41) is 6.41. The van der Waals surface area contributed by atoms with Gasteiger partial charge in [0.1, 0.15) is 12.3 Å². The highest BCUT2D eigenvalue weighted by Crippen LogP contribution is 2.22. The van der Waals surface area contributed by atoms with E-state index in [4.69, 9.17) is 9.15 Å². The third kappa shape index (κ3) is 8.04. The van der Waals surface area contributed by atoms with Crippen LogP contribution < -0.4 is 10.6 Å². The van der Waals surface area contributed by atoms with Crippen LogP contribution in [0.2, 0.25) is 0 Å². The summed E-state index contributed by atoms with van der Waals surface area (Å²) in [6.45, 7) is 8.16. The third-order valence-corrected chi connectivity index (χ3v) is 4.09. The van der Waals surface area contributed by atoms with Crippen molar-refractivity contribution < 1.29 is 13.9 Å². The number of guanidine groups is 1. The summed E-state index contributed by atoms with van der Waals surface area (Å²) in [6.07, 6.45) is 4.05. The smallest absolute Gasteiger partial charge is 0.243 e. The first-order chi connectivity index (χ1) is 12.3. The lowest BCUT2D eigenvalue weighted by Gasteiger charge is -2.16. The van der Waals surface area contributed by atoms with Crippen molar-refractivity contribution in [3.05, 3.63) is 17.8 Å².